The zero-order valence-electron chi connectivity index (χ0n) is 15.6. The molecule has 0 bridgehead atoms. The maximum atomic E-state index is 11.7. The van der Waals surface area contributed by atoms with Gasteiger partial charge in [-0.1, -0.05) is 0 Å². The van der Waals surface area contributed by atoms with Crippen LogP contribution in [0.3, 0.4) is 0 Å². The average Bonchev–Trinajstić information content (AvgIpc) is 3.24. The average molecular weight is 374 g/mol. The number of carbonyl (C=O) groups excluding carboxylic acids is 1. The van der Waals surface area contributed by atoms with Crippen LogP contribution in [0.1, 0.15) is 50.4 Å². The normalized spacial score (nSPS) is 19.3. The number of aromatic amines is 1. The van der Waals surface area contributed by atoms with Crippen molar-refractivity contribution < 1.29 is 14.6 Å². The van der Waals surface area contributed by atoms with Gasteiger partial charge in [0, 0.05) is 48.6 Å². The summed E-state index contributed by atoms with van der Waals surface area (Å²) in [5.74, 6) is 1.34. The number of rotatable bonds is 7. The lowest BCUT2D eigenvalue weighted by Gasteiger charge is -2.14. The largest absolute Gasteiger partial charge is 0.446 e. The van der Waals surface area contributed by atoms with Crippen molar-refractivity contribution in [3.63, 3.8) is 0 Å². The summed E-state index contributed by atoms with van der Waals surface area (Å²) in [6.45, 7) is 3.85. The summed E-state index contributed by atoms with van der Waals surface area (Å²) >= 11 is 0. The summed E-state index contributed by atoms with van der Waals surface area (Å²) in [5.41, 5.74) is 1.76. The molecule has 0 saturated heterocycles. The lowest BCUT2D eigenvalue weighted by atomic mass is 10.0. The Bertz CT molecular complexity index is 763. The van der Waals surface area contributed by atoms with E-state index in [0.717, 1.165) is 30.7 Å². The minimum absolute atomic E-state index is 0.0448. The fourth-order valence-corrected chi connectivity index (χ4v) is 3.19. The van der Waals surface area contributed by atoms with E-state index in [0.29, 0.717) is 18.2 Å². The second-order valence-corrected chi connectivity index (χ2v) is 7.02. The van der Waals surface area contributed by atoms with Crippen molar-refractivity contribution in [1.29, 1.82) is 0 Å². The van der Waals surface area contributed by atoms with Gasteiger partial charge in [0.15, 0.2) is 5.82 Å². The van der Waals surface area contributed by atoms with E-state index in [9.17, 15) is 4.79 Å². The number of carbonyl (C=O) groups is 1. The second kappa shape index (κ2) is 8.81. The Kier molecular flexibility index (Phi) is 6.23. The maximum absolute atomic E-state index is 11.7. The Morgan fingerprint density at radius 2 is 2.30 bits per heavy atom. The number of alkyl carbamates (subject to hydrolysis) is 1. The maximum Gasteiger partial charge on any atom is 0.407 e. The van der Waals surface area contributed by atoms with Gasteiger partial charge in [-0.25, -0.2) is 14.8 Å². The molecule has 2 heterocycles. The lowest BCUT2D eigenvalue weighted by molar-refractivity contribution is 0.0981. The smallest absolute Gasteiger partial charge is 0.407 e. The Morgan fingerprint density at radius 3 is 3.07 bits per heavy atom. The van der Waals surface area contributed by atoms with E-state index in [1.54, 1.807) is 12.3 Å². The quantitative estimate of drug-likeness (QED) is 0.586. The van der Waals surface area contributed by atoms with Crippen molar-refractivity contribution in [2.75, 3.05) is 11.9 Å². The molecule has 1 aliphatic carbocycles. The third-order valence-electron chi connectivity index (χ3n) is 4.42. The number of hydrogen-bond acceptors (Lipinski definition) is 7. The number of amides is 1. The van der Waals surface area contributed by atoms with Crippen molar-refractivity contribution >= 4 is 17.9 Å². The zero-order chi connectivity index (χ0) is 19.2. The summed E-state index contributed by atoms with van der Waals surface area (Å²) in [6, 6.07) is 3.77. The van der Waals surface area contributed by atoms with Gasteiger partial charge in [-0.05, 0) is 39.2 Å². The first-order valence-corrected chi connectivity index (χ1v) is 9.25. The molecule has 2 aromatic rings. The van der Waals surface area contributed by atoms with Crippen LogP contribution in [-0.2, 0) is 11.2 Å². The molecule has 1 amide bonds. The molecule has 1 aliphatic rings. The Labute approximate surface area is 158 Å². The number of nitrogens with one attached hydrogen (secondary N) is 3. The van der Waals surface area contributed by atoms with Crippen LogP contribution in [-0.4, -0.2) is 50.1 Å². The molecule has 146 valence electrons. The van der Waals surface area contributed by atoms with Crippen LogP contribution < -0.4 is 10.6 Å². The highest BCUT2D eigenvalue weighted by Crippen LogP contribution is 2.36. The number of aliphatic hydroxyl groups is 1. The molecule has 1 saturated carbocycles. The van der Waals surface area contributed by atoms with Crippen LogP contribution >= 0.6 is 0 Å². The standard InChI is InChI=1S/C18H26N6O3/c1-11(2)20-18(26)27-14-4-3-12(9-14)15-10-16(24-23-15)22-17-19-7-5-13(21-17)6-8-25/h5,7,10-12,14,25H,3-4,6,8-9H2,1-2H3,(H,20,26)(H2,19,21,22,23,24). The predicted octanol–water partition coefficient (Wildman–Crippen LogP) is 2.25. The van der Waals surface area contributed by atoms with Crippen LogP contribution in [0.2, 0.25) is 0 Å². The first-order chi connectivity index (χ1) is 13.0. The van der Waals surface area contributed by atoms with Crippen LogP contribution in [0.5, 0.6) is 0 Å². The Morgan fingerprint density at radius 1 is 1.44 bits per heavy atom. The molecular formula is C18H26N6O3. The monoisotopic (exact) mass is 374 g/mol. The zero-order valence-corrected chi connectivity index (χ0v) is 15.6. The molecule has 0 radical (unpaired) electrons. The highest BCUT2D eigenvalue weighted by molar-refractivity contribution is 5.67. The van der Waals surface area contributed by atoms with Gasteiger partial charge in [-0.2, -0.15) is 5.10 Å². The summed E-state index contributed by atoms with van der Waals surface area (Å²) in [7, 11) is 0. The predicted molar refractivity (Wildman–Crippen MR) is 99.8 cm³/mol. The fourth-order valence-electron chi connectivity index (χ4n) is 3.19. The molecule has 0 spiro atoms. The van der Waals surface area contributed by atoms with Crippen LogP contribution in [0.25, 0.3) is 0 Å². The molecule has 0 aromatic carbocycles. The van der Waals surface area contributed by atoms with E-state index in [-0.39, 0.29) is 30.8 Å². The molecule has 4 N–H and O–H groups in total. The number of aromatic nitrogens is 4. The van der Waals surface area contributed by atoms with Gasteiger partial charge in [-0.3, -0.25) is 5.10 Å². The summed E-state index contributed by atoms with van der Waals surface area (Å²) in [6.07, 6.45) is 4.24. The molecule has 9 heteroatoms. The van der Waals surface area contributed by atoms with E-state index in [4.69, 9.17) is 9.84 Å². The van der Waals surface area contributed by atoms with Crippen molar-refractivity contribution in [3.8, 4) is 0 Å². The van der Waals surface area contributed by atoms with Crippen molar-refractivity contribution in [1.82, 2.24) is 25.5 Å². The van der Waals surface area contributed by atoms with Gasteiger partial charge in [0.1, 0.15) is 6.10 Å². The molecule has 2 aromatic heterocycles. The van der Waals surface area contributed by atoms with Gasteiger partial charge < -0.3 is 20.5 Å². The number of nitrogens with zero attached hydrogens (tertiary/aromatic N) is 3. The van der Waals surface area contributed by atoms with Crippen LogP contribution in [0.4, 0.5) is 16.6 Å². The molecule has 27 heavy (non-hydrogen) atoms. The van der Waals surface area contributed by atoms with Crippen molar-refractivity contribution in [2.24, 2.45) is 0 Å². The topological polar surface area (TPSA) is 125 Å². The fraction of sp³-hybridized carbons (Fsp3) is 0.556. The highest BCUT2D eigenvalue weighted by atomic mass is 16.6. The van der Waals surface area contributed by atoms with Gasteiger partial charge >= 0.3 is 6.09 Å². The molecule has 3 rings (SSSR count). The first-order valence-electron chi connectivity index (χ1n) is 9.25. The van der Waals surface area contributed by atoms with Gasteiger partial charge in [0.25, 0.3) is 0 Å². The SMILES string of the molecule is CC(C)NC(=O)OC1CCC(c2cc(Nc3nccc(CCO)n3)n[nH]2)C1. The summed E-state index contributed by atoms with van der Waals surface area (Å²) in [5, 5.41) is 22.1. The summed E-state index contributed by atoms with van der Waals surface area (Å²) in [4.78, 5) is 20.2. The number of ether oxygens (including phenoxy) is 1. The minimum atomic E-state index is -0.359. The molecular weight excluding hydrogens is 348 g/mol. The second-order valence-electron chi connectivity index (χ2n) is 7.02. The number of hydrogen-bond donors (Lipinski definition) is 4. The van der Waals surface area contributed by atoms with E-state index in [1.165, 1.54) is 0 Å². The van der Waals surface area contributed by atoms with Gasteiger partial charge in [0.2, 0.25) is 5.95 Å². The molecule has 0 aliphatic heterocycles. The van der Waals surface area contributed by atoms with Crippen LogP contribution in [0, 0.1) is 0 Å². The molecule has 1 fully saturated rings. The molecule has 9 nitrogen and oxygen atoms in total. The van der Waals surface area contributed by atoms with Gasteiger partial charge in [-0.15, -0.1) is 0 Å². The third-order valence-corrected chi connectivity index (χ3v) is 4.42. The Balaban J connectivity index is 1.55. The third kappa shape index (κ3) is 5.40. The molecule has 2 unspecified atom stereocenters. The van der Waals surface area contributed by atoms with E-state index >= 15 is 0 Å². The molecule has 2 atom stereocenters. The minimum Gasteiger partial charge on any atom is -0.446 e. The van der Waals surface area contributed by atoms with Crippen LogP contribution in [0.15, 0.2) is 18.3 Å². The Hall–Kier alpha value is -2.68. The number of anilines is 2. The van der Waals surface area contributed by atoms with E-state index in [1.807, 2.05) is 19.9 Å². The van der Waals surface area contributed by atoms with Crippen molar-refractivity contribution in [2.45, 2.75) is 57.6 Å². The number of aliphatic hydroxyl groups excluding tert-OH is 1. The summed E-state index contributed by atoms with van der Waals surface area (Å²) < 4.78 is 5.47. The lowest BCUT2D eigenvalue weighted by Crippen LogP contribution is -2.33. The van der Waals surface area contributed by atoms with E-state index < -0.39 is 0 Å². The van der Waals surface area contributed by atoms with E-state index in [2.05, 4.69) is 30.8 Å². The van der Waals surface area contributed by atoms with Gasteiger partial charge in [0.05, 0.1) is 0 Å². The number of H-pyrrole nitrogens is 1. The highest BCUT2D eigenvalue weighted by Gasteiger charge is 2.30. The van der Waals surface area contributed by atoms with Crippen molar-refractivity contribution in [3.05, 3.63) is 29.7 Å². The first kappa shape index (κ1) is 19.1.